The summed E-state index contributed by atoms with van der Waals surface area (Å²) in [5.41, 5.74) is -0.317. The second-order valence-corrected chi connectivity index (χ2v) is 2.18. The van der Waals surface area contributed by atoms with Crippen LogP contribution in [0.15, 0.2) is 10.6 Å². The largest absolute Gasteiger partial charge is 1.00 e. The number of ether oxygens (including phenoxy) is 1. The molecule has 0 aromatic heterocycles. The van der Waals surface area contributed by atoms with Gasteiger partial charge in [0.05, 0.1) is 6.61 Å². The Morgan fingerprint density at radius 3 is 2.36 bits per heavy atom. The number of hydrogen-bond donors (Lipinski definition) is 1. The van der Waals surface area contributed by atoms with E-state index >= 15 is 0 Å². The van der Waals surface area contributed by atoms with Gasteiger partial charge < -0.3 is 22.7 Å². The first-order valence-corrected chi connectivity index (χ1v) is 3.71. The summed E-state index contributed by atoms with van der Waals surface area (Å²) in [6.45, 7) is 1.82. The average molecular weight is 219 g/mol. The van der Waals surface area contributed by atoms with Crippen LogP contribution < -0.4 is 34.9 Å². The number of hydrogen-bond acceptors (Lipinski definition) is 5. The molecule has 7 heteroatoms. The molecule has 0 bridgehead atoms. The van der Waals surface area contributed by atoms with E-state index in [0.29, 0.717) is 0 Å². The third kappa shape index (κ3) is 5.79. The summed E-state index contributed by atoms with van der Waals surface area (Å²) in [5, 5.41) is 18.6. The summed E-state index contributed by atoms with van der Waals surface area (Å²) >= 11 is 4.57. The number of carbonyl (C=O) groups excluding carboxylic acids is 1. The van der Waals surface area contributed by atoms with Crippen LogP contribution in [0.25, 0.3) is 0 Å². The van der Waals surface area contributed by atoms with Crippen molar-refractivity contribution in [3.8, 4) is 12.1 Å². The van der Waals surface area contributed by atoms with E-state index in [1.54, 1.807) is 19.1 Å². The minimum atomic E-state index is -0.768. The number of alkyl carbamates (subject to hydrolysis) is 1. The molecule has 1 amide bonds. The number of rotatable bonds is 2. The van der Waals surface area contributed by atoms with Gasteiger partial charge in [-0.05, 0) is 6.92 Å². The fourth-order valence-corrected chi connectivity index (χ4v) is 0.624. The van der Waals surface area contributed by atoms with Gasteiger partial charge in [-0.1, -0.05) is 5.03 Å². The van der Waals surface area contributed by atoms with Crippen molar-refractivity contribution >= 4 is 18.7 Å². The zero-order valence-corrected chi connectivity index (χ0v) is 10.6. The number of carbonyl (C=O) groups is 1. The minimum absolute atomic E-state index is 0. The molecule has 0 aliphatic rings. The molecule has 14 heavy (non-hydrogen) atoms. The van der Waals surface area contributed by atoms with Crippen molar-refractivity contribution in [1.82, 2.24) is 5.32 Å². The Labute approximate surface area is 109 Å². The van der Waals surface area contributed by atoms with Crippen LogP contribution in [-0.2, 0) is 17.4 Å². The molecule has 0 spiro atoms. The molecule has 68 valence electrons. The van der Waals surface area contributed by atoms with Crippen molar-refractivity contribution in [2.75, 3.05) is 6.61 Å². The topological polar surface area (TPSA) is 85.9 Å². The van der Waals surface area contributed by atoms with E-state index in [-0.39, 0.29) is 46.8 Å². The van der Waals surface area contributed by atoms with E-state index in [2.05, 4.69) is 22.7 Å². The summed E-state index contributed by atoms with van der Waals surface area (Å²) < 4.78 is 4.48. The van der Waals surface area contributed by atoms with E-state index in [4.69, 9.17) is 10.5 Å². The first kappa shape index (κ1) is 15.7. The molecule has 1 N–H and O–H groups in total. The number of allylic oxidation sites excluding steroid dienone is 1. The van der Waals surface area contributed by atoms with Crippen molar-refractivity contribution < 1.29 is 39.1 Å². The molecular formula is C7H6N3NaO2S. The molecular weight excluding hydrogens is 213 g/mol. The molecule has 0 aliphatic carbocycles. The van der Waals surface area contributed by atoms with Crippen LogP contribution in [0, 0.1) is 22.7 Å². The Balaban J connectivity index is 0. The molecule has 0 aliphatic heterocycles. The smallest absolute Gasteiger partial charge is 0.760 e. The van der Waals surface area contributed by atoms with Gasteiger partial charge in [0.1, 0.15) is 17.7 Å². The Morgan fingerprint density at radius 2 is 2.00 bits per heavy atom. The quantitative estimate of drug-likeness (QED) is 0.316. The molecule has 0 heterocycles. The van der Waals surface area contributed by atoms with Crippen molar-refractivity contribution in [3.63, 3.8) is 0 Å². The third-order valence-electron chi connectivity index (χ3n) is 0.942. The minimum Gasteiger partial charge on any atom is -0.760 e. The van der Waals surface area contributed by atoms with Crippen LogP contribution in [0.4, 0.5) is 4.79 Å². The molecule has 0 aromatic carbocycles. The van der Waals surface area contributed by atoms with Crippen molar-refractivity contribution in [3.05, 3.63) is 10.6 Å². The molecule has 0 saturated carbocycles. The van der Waals surface area contributed by atoms with Gasteiger partial charge in [0.2, 0.25) is 0 Å². The maximum absolute atomic E-state index is 10.7. The predicted octanol–water partition coefficient (Wildman–Crippen LogP) is -2.46. The first-order chi connectivity index (χ1) is 6.15. The molecule has 0 radical (unpaired) electrons. The maximum Gasteiger partial charge on any atom is 1.00 e. The van der Waals surface area contributed by atoms with Gasteiger partial charge in [-0.3, -0.25) is 0 Å². The van der Waals surface area contributed by atoms with Crippen LogP contribution in [-0.4, -0.2) is 12.7 Å². The van der Waals surface area contributed by atoms with E-state index in [9.17, 15) is 4.79 Å². The molecule has 0 fully saturated rings. The number of amides is 1. The molecule has 0 unspecified atom stereocenters. The Bertz CT molecular complexity index is 300. The molecule has 5 nitrogen and oxygen atoms in total. The second-order valence-electron chi connectivity index (χ2n) is 1.77. The molecule has 0 aromatic rings. The number of nitriles is 2. The molecule has 0 rings (SSSR count). The van der Waals surface area contributed by atoms with Crippen LogP contribution in [0.1, 0.15) is 6.92 Å². The van der Waals surface area contributed by atoms with Gasteiger partial charge in [0.15, 0.2) is 0 Å². The normalized spacial score (nSPS) is 7.07. The molecule has 0 saturated heterocycles. The summed E-state index contributed by atoms with van der Waals surface area (Å²) in [4.78, 5) is 10.7. The number of nitrogens with one attached hydrogen (secondary N) is 1. The van der Waals surface area contributed by atoms with E-state index in [0.717, 1.165) is 0 Å². The summed E-state index contributed by atoms with van der Waals surface area (Å²) in [6, 6.07) is 3.09. The van der Waals surface area contributed by atoms with Crippen LogP contribution in [0.2, 0.25) is 0 Å². The second kappa shape index (κ2) is 8.79. The van der Waals surface area contributed by atoms with E-state index < -0.39 is 6.09 Å². The van der Waals surface area contributed by atoms with Gasteiger partial charge in [-0.15, -0.1) is 0 Å². The Kier molecular flexibility index (Phi) is 9.84. The number of nitrogens with zero attached hydrogens (tertiary/aromatic N) is 2. The zero-order valence-electron chi connectivity index (χ0n) is 7.83. The summed E-state index contributed by atoms with van der Waals surface area (Å²) in [5.74, 6) is 0. The predicted molar refractivity (Wildman–Crippen MR) is 45.8 cm³/mol. The maximum atomic E-state index is 10.7. The first-order valence-electron chi connectivity index (χ1n) is 3.31. The zero-order chi connectivity index (χ0) is 10.3. The Morgan fingerprint density at radius 1 is 1.50 bits per heavy atom. The molecule has 0 atom stereocenters. The van der Waals surface area contributed by atoms with Gasteiger partial charge in [0, 0.05) is 0 Å². The fraction of sp³-hybridized carbons (Fsp3) is 0.286. The van der Waals surface area contributed by atoms with Gasteiger partial charge in [-0.2, -0.15) is 10.5 Å². The van der Waals surface area contributed by atoms with E-state index in [1.165, 1.54) is 0 Å². The standard InChI is InChI=1S/C7H7N3O2S.Na/c1-2-12-7(11)10-6(13)5(3-8)4-9;/h13H,2H2,1H3,(H,10,11);/q;+1/p-1. The average Bonchev–Trinajstić information content (AvgIpc) is 2.06. The van der Waals surface area contributed by atoms with Crippen molar-refractivity contribution in [2.45, 2.75) is 6.92 Å². The van der Waals surface area contributed by atoms with Crippen LogP contribution in [0.3, 0.4) is 0 Å². The third-order valence-corrected chi connectivity index (χ3v) is 1.25. The fourth-order valence-electron chi connectivity index (χ4n) is 0.449. The van der Waals surface area contributed by atoms with Gasteiger partial charge >= 0.3 is 35.7 Å². The summed E-state index contributed by atoms with van der Waals surface area (Å²) in [6.07, 6.45) is -0.768. The van der Waals surface area contributed by atoms with Gasteiger partial charge in [0.25, 0.3) is 0 Å². The monoisotopic (exact) mass is 219 g/mol. The van der Waals surface area contributed by atoms with Crippen LogP contribution in [0.5, 0.6) is 0 Å². The van der Waals surface area contributed by atoms with Gasteiger partial charge in [-0.25, -0.2) is 4.79 Å². The van der Waals surface area contributed by atoms with E-state index in [1.807, 2.05) is 0 Å². The van der Waals surface area contributed by atoms with Crippen LogP contribution >= 0.6 is 0 Å². The van der Waals surface area contributed by atoms with Crippen molar-refractivity contribution in [1.29, 1.82) is 10.5 Å². The summed E-state index contributed by atoms with van der Waals surface area (Å²) in [7, 11) is 0. The Hall–Kier alpha value is -0.790. The van der Waals surface area contributed by atoms with Crippen molar-refractivity contribution in [2.24, 2.45) is 0 Å². The SMILES string of the molecule is CCOC(=O)NC([S-])=C(C#N)C#N.[Na+].